The van der Waals surface area contributed by atoms with E-state index in [-0.39, 0.29) is 0 Å². The van der Waals surface area contributed by atoms with Crippen LogP contribution in [0.3, 0.4) is 0 Å². The number of halogens is 3. The van der Waals surface area contributed by atoms with Gasteiger partial charge >= 0.3 is 12.1 Å². The van der Waals surface area contributed by atoms with Crippen molar-refractivity contribution in [2.75, 3.05) is 24.4 Å². The van der Waals surface area contributed by atoms with E-state index in [0.29, 0.717) is 12.8 Å². The summed E-state index contributed by atoms with van der Waals surface area (Å²) in [6, 6.07) is 7.67. The number of carbonyl (C=O) groups is 1. The molecule has 2 heterocycles. The van der Waals surface area contributed by atoms with Crippen LogP contribution < -0.4 is 9.62 Å². The molecule has 1 spiro atoms. The van der Waals surface area contributed by atoms with E-state index in [9.17, 15) is 21.6 Å². The van der Waals surface area contributed by atoms with Gasteiger partial charge < -0.3 is 10.4 Å². The van der Waals surface area contributed by atoms with Crippen molar-refractivity contribution in [3.05, 3.63) is 29.8 Å². The number of aliphatic carboxylic acids is 1. The van der Waals surface area contributed by atoms with Crippen molar-refractivity contribution < 1.29 is 31.5 Å². The summed E-state index contributed by atoms with van der Waals surface area (Å²) in [6.45, 7) is 1.53. The lowest BCUT2D eigenvalue weighted by molar-refractivity contribution is -0.192. The number of fused-ring (bicyclic) bond motifs is 2. The summed E-state index contributed by atoms with van der Waals surface area (Å²) in [5, 5.41) is 10.4. The van der Waals surface area contributed by atoms with Gasteiger partial charge in [0.1, 0.15) is 4.75 Å². The average Bonchev–Trinajstić information content (AvgIpc) is 2.68. The highest BCUT2D eigenvalue weighted by Gasteiger charge is 2.54. The SMILES string of the molecule is CN1c2ccccc2C2(CCNCC2)S1(=O)=O.O=C(O)C(F)(F)F. The Bertz CT molecular complexity index is 728. The molecule has 134 valence electrons. The van der Waals surface area contributed by atoms with Crippen molar-refractivity contribution in [1.82, 2.24) is 5.32 Å². The molecule has 1 aromatic rings. The Morgan fingerprint density at radius 2 is 1.75 bits per heavy atom. The Kier molecular flexibility index (Phi) is 4.82. The molecule has 2 aliphatic heterocycles. The normalized spacial score (nSPS) is 20.9. The van der Waals surface area contributed by atoms with E-state index in [1.807, 2.05) is 24.3 Å². The molecule has 1 fully saturated rings. The van der Waals surface area contributed by atoms with Crippen molar-refractivity contribution in [2.24, 2.45) is 0 Å². The maximum Gasteiger partial charge on any atom is 0.490 e. The smallest absolute Gasteiger partial charge is 0.475 e. The molecule has 1 saturated heterocycles. The number of nitrogens with zero attached hydrogens (tertiary/aromatic N) is 1. The third-order valence-corrected chi connectivity index (χ3v) is 6.78. The number of anilines is 1. The number of piperidine rings is 1. The number of hydrogen-bond acceptors (Lipinski definition) is 4. The van der Waals surface area contributed by atoms with Crippen LogP contribution >= 0.6 is 0 Å². The molecule has 1 aromatic carbocycles. The van der Waals surface area contributed by atoms with Crippen LogP contribution in [0.2, 0.25) is 0 Å². The zero-order chi connectivity index (χ0) is 18.2. The van der Waals surface area contributed by atoms with Gasteiger partial charge in [-0.05, 0) is 37.6 Å². The Hall–Kier alpha value is -1.81. The molecule has 3 rings (SSSR count). The zero-order valence-electron chi connectivity index (χ0n) is 12.8. The number of alkyl halides is 3. The largest absolute Gasteiger partial charge is 0.490 e. The number of hydrogen-bond donors (Lipinski definition) is 2. The molecular formula is C14H17F3N2O4S. The highest BCUT2D eigenvalue weighted by atomic mass is 32.2. The summed E-state index contributed by atoms with van der Waals surface area (Å²) in [4.78, 5) is 8.90. The summed E-state index contributed by atoms with van der Waals surface area (Å²) in [5.74, 6) is -2.76. The summed E-state index contributed by atoms with van der Waals surface area (Å²) in [6.07, 6.45) is -3.76. The minimum Gasteiger partial charge on any atom is -0.475 e. The van der Waals surface area contributed by atoms with E-state index in [0.717, 1.165) is 24.3 Å². The van der Waals surface area contributed by atoms with E-state index in [1.165, 1.54) is 4.31 Å². The average molecular weight is 366 g/mol. The number of para-hydroxylation sites is 1. The minimum atomic E-state index is -5.08. The highest BCUT2D eigenvalue weighted by Crippen LogP contribution is 2.50. The highest BCUT2D eigenvalue weighted by molar-refractivity contribution is 7.94. The monoisotopic (exact) mass is 366 g/mol. The first-order valence-electron chi connectivity index (χ1n) is 7.13. The van der Waals surface area contributed by atoms with Gasteiger partial charge in [-0.1, -0.05) is 18.2 Å². The van der Waals surface area contributed by atoms with Crippen LogP contribution in [-0.2, 0) is 19.6 Å². The molecule has 2 N–H and O–H groups in total. The van der Waals surface area contributed by atoms with E-state index < -0.39 is 26.9 Å². The van der Waals surface area contributed by atoms with E-state index in [4.69, 9.17) is 9.90 Å². The number of rotatable bonds is 0. The standard InChI is InChI=1S/C12H16N2O2S.C2HF3O2/c1-14-11-5-3-2-4-10(11)12(17(14,15)16)6-8-13-9-7-12;3-2(4,5)1(6)7/h2-5,13H,6-9H2,1H3;(H,6,7). The summed E-state index contributed by atoms with van der Waals surface area (Å²) in [5.41, 5.74) is 1.82. The van der Waals surface area contributed by atoms with E-state index >= 15 is 0 Å². The second-order valence-corrected chi connectivity index (χ2v) is 7.82. The molecule has 10 heteroatoms. The van der Waals surface area contributed by atoms with Crippen molar-refractivity contribution >= 4 is 21.7 Å². The van der Waals surface area contributed by atoms with Gasteiger partial charge in [0.2, 0.25) is 10.0 Å². The molecule has 0 bridgehead atoms. The van der Waals surface area contributed by atoms with Crippen LogP contribution in [-0.4, -0.2) is 45.8 Å². The fourth-order valence-electron chi connectivity index (χ4n) is 3.02. The molecule has 0 radical (unpaired) electrons. The Morgan fingerprint density at radius 3 is 2.25 bits per heavy atom. The fourth-order valence-corrected chi connectivity index (χ4v) is 5.13. The van der Waals surface area contributed by atoms with E-state index in [2.05, 4.69) is 5.32 Å². The number of carboxylic acids is 1. The summed E-state index contributed by atoms with van der Waals surface area (Å²) >= 11 is 0. The molecule has 0 saturated carbocycles. The molecule has 0 amide bonds. The molecule has 0 aliphatic carbocycles. The Balaban J connectivity index is 0.000000256. The van der Waals surface area contributed by atoms with Crippen LogP contribution in [0.4, 0.5) is 18.9 Å². The third kappa shape index (κ3) is 2.95. The lowest BCUT2D eigenvalue weighted by atomic mass is 9.88. The Morgan fingerprint density at radius 1 is 1.25 bits per heavy atom. The maximum absolute atomic E-state index is 12.6. The van der Waals surface area contributed by atoms with Crippen LogP contribution in [0.15, 0.2) is 24.3 Å². The fraction of sp³-hybridized carbons (Fsp3) is 0.500. The number of sulfonamides is 1. The van der Waals surface area contributed by atoms with Crippen molar-refractivity contribution in [1.29, 1.82) is 0 Å². The van der Waals surface area contributed by atoms with Crippen LogP contribution in [0.5, 0.6) is 0 Å². The molecular weight excluding hydrogens is 349 g/mol. The van der Waals surface area contributed by atoms with Crippen molar-refractivity contribution in [3.63, 3.8) is 0 Å². The third-order valence-electron chi connectivity index (χ3n) is 4.24. The first-order chi connectivity index (χ1) is 11.0. The minimum absolute atomic E-state index is 0.663. The van der Waals surface area contributed by atoms with Crippen molar-refractivity contribution in [3.8, 4) is 0 Å². The summed E-state index contributed by atoms with van der Waals surface area (Å²) < 4.78 is 57.7. The first-order valence-corrected chi connectivity index (χ1v) is 8.57. The summed E-state index contributed by atoms with van der Waals surface area (Å²) in [7, 11) is -1.60. The number of carboxylic acid groups (broad SMARTS) is 1. The molecule has 0 unspecified atom stereocenters. The van der Waals surface area contributed by atoms with Gasteiger partial charge in [-0.25, -0.2) is 13.2 Å². The van der Waals surface area contributed by atoms with Gasteiger partial charge in [0.15, 0.2) is 0 Å². The van der Waals surface area contributed by atoms with Crippen LogP contribution in [0.1, 0.15) is 18.4 Å². The van der Waals surface area contributed by atoms with Gasteiger partial charge in [0.25, 0.3) is 0 Å². The number of benzene rings is 1. The predicted octanol–water partition coefficient (Wildman–Crippen LogP) is 1.68. The van der Waals surface area contributed by atoms with E-state index in [1.54, 1.807) is 7.05 Å². The zero-order valence-corrected chi connectivity index (χ0v) is 13.6. The lowest BCUT2D eigenvalue weighted by Crippen LogP contribution is -2.46. The Labute approximate surface area is 137 Å². The molecule has 24 heavy (non-hydrogen) atoms. The van der Waals surface area contributed by atoms with Crippen LogP contribution in [0.25, 0.3) is 0 Å². The quantitative estimate of drug-likeness (QED) is 0.730. The van der Waals surface area contributed by atoms with Crippen molar-refractivity contribution in [2.45, 2.75) is 23.8 Å². The van der Waals surface area contributed by atoms with Crippen LogP contribution in [0, 0.1) is 0 Å². The van der Waals surface area contributed by atoms with Gasteiger partial charge in [0.05, 0.1) is 5.69 Å². The topological polar surface area (TPSA) is 86.7 Å². The van der Waals surface area contributed by atoms with Gasteiger partial charge in [-0.15, -0.1) is 0 Å². The molecule has 2 aliphatic rings. The molecule has 0 aromatic heterocycles. The molecule has 0 atom stereocenters. The first kappa shape index (κ1) is 18.5. The molecule has 6 nitrogen and oxygen atoms in total. The van der Waals surface area contributed by atoms with Gasteiger partial charge in [-0.2, -0.15) is 13.2 Å². The number of nitrogens with one attached hydrogen (secondary N) is 1. The lowest BCUT2D eigenvalue weighted by Gasteiger charge is -2.33. The predicted molar refractivity (Wildman–Crippen MR) is 81.2 cm³/mol. The maximum atomic E-state index is 12.6. The van der Waals surface area contributed by atoms with Gasteiger partial charge in [0, 0.05) is 7.05 Å². The second kappa shape index (κ2) is 6.25. The second-order valence-electron chi connectivity index (χ2n) is 5.54. The van der Waals surface area contributed by atoms with Gasteiger partial charge in [-0.3, -0.25) is 4.31 Å².